The zero-order valence-corrected chi connectivity index (χ0v) is 25.9. The molecule has 0 amide bonds. The third-order valence-corrected chi connectivity index (χ3v) is 7.12. The standard InChI is InChI=1S/C42H34O5/c1-3-11-31-13-8-9-17-40(31)45-37-25-27-38(28-26-37)46-41-18-10-14-32(12-4-2)42(41)47-39-29-23-36(24-30-39)44-35-21-19-34(20-22-35)43-33-15-6-5-7-16-33/h3-10,13-30H,1-2,11-12H2. The minimum Gasteiger partial charge on any atom is -0.457 e. The van der Waals surface area contributed by atoms with Crippen molar-refractivity contribution in [2.75, 3.05) is 0 Å². The molecule has 0 bridgehead atoms. The second kappa shape index (κ2) is 15.2. The van der Waals surface area contributed by atoms with Crippen LogP contribution in [0.15, 0.2) is 171 Å². The lowest BCUT2D eigenvalue weighted by atomic mass is 10.1. The number of para-hydroxylation sites is 3. The second-order valence-corrected chi connectivity index (χ2v) is 10.6. The molecule has 5 heteroatoms. The zero-order valence-electron chi connectivity index (χ0n) is 25.9. The molecule has 0 aromatic heterocycles. The van der Waals surface area contributed by atoms with Crippen molar-refractivity contribution in [1.29, 1.82) is 0 Å². The molecule has 0 radical (unpaired) electrons. The van der Waals surface area contributed by atoms with Gasteiger partial charge in [-0.2, -0.15) is 0 Å². The molecule has 6 rings (SSSR count). The van der Waals surface area contributed by atoms with Gasteiger partial charge >= 0.3 is 0 Å². The van der Waals surface area contributed by atoms with Crippen LogP contribution in [0.2, 0.25) is 0 Å². The summed E-state index contributed by atoms with van der Waals surface area (Å²) in [5.41, 5.74) is 2.03. The Hall–Kier alpha value is -6.20. The molecule has 0 N–H and O–H groups in total. The van der Waals surface area contributed by atoms with Crippen LogP contribution in [0.5, 0.6) is 57.5 Å². The largest absolute Gasteiger partial charge is 0.457 e. The average Bonchev–Trinajstić information content (AvgIpc) is 3.10. The quantitative estimate of drug-likeness (QED) is 0.114. The van der Waals surface area contributed by atoms with Gasteiger partial charge in [-0.05, 0) is 115 Å². The van der Waals surface area contributed by atoms with Crippen LogP contribution < -0.4 is 23.7 Å². The van der Waals surface area contributed by atoms with E-state index in [2.05, 4.69) is 13.2 Å². The van der Waals surface area contributed by atoms with Gasteiger partial charge in [0.15, 0.2) is 11.5 Å². The first-order chi connectivity index (χ1) is 23.2. The van der Waals surface area contributed by atoms with Gasteiger partial charge in [0.1, 0.15) is 46.0 Å². The molecule has 232 valence electrons. The number of allylic oxidation sites excluding steroid dienone is 2. The fourth-order valence-corrected chi connectivity index (χ4v) is 4.86. The minimum absolute atomic E-state index is 0.590. The van der Waals surface area contributed by atoms with Crippen molar-refractivity contribution in [1.82, 2.24) is 0 Å². The molecule has 0 saturated heterocycles. The van der Waals surface area contributed by atoms with Gasteiger partial charge in [0.25, 0.3) is 0 Å². The molecule has 0 aliphatic rings. The second-order valence-electron chi connectivity index (χ2n) is 10.6. The van der Waals surface area contributed by atoms with Crippen LogP contribution in [0, 0.1) is 0 Å². The zero-order chi connectivity index (χ0) is 32.3. The van der Waals surface area contributed by atoms with Gasteiger partial charge in [-0.25, -0.2) is 0 Å². The maximum atomic E-state index is 6.40. The third kappa shape index (κ3) is 8.29. The molecular formula is C42H34O5. The molecule has 0 atom stereocenters. The first-order valence-electron chi connectivity index (χ1n) is 15.3. The van der Waals surface area contributed by atoms with Crippen LogP contribution in [0.3, 0.4) is 0 Å². The van der Waals surface area contributed by atoms with Crippen LogP contribution in [0.25, 0.3) is 0 Å². The Balaban J connectivity index is 1.12. The van der Waals surface area contributed by atoms with Gasteiger partial charge in [-0.3, -0.25) is 0 Å². The van der Waals surface area contributed by atoms with Crippen molar-refractivity contribution in [3.63, 3.8) is 0 Å². The molecule has 0 unspecified atom stereocenters. The maximum absolute atomic E-state index is 6.40. The number of benzene rings is 6. The lowest BCUT2D eigenvalue weighted by Gasteiger charge is -2.16. The molecule has 0 heterocycles. The fourth-order valence-electron chi connectivity index (χ4n) is 4.86. The van der Waals surface area contributed by atoms with Crippen LogP contribution in [0.1, 0.15) is 11.1 Å². The van der Waals surface area contributed by atoms with E-state index in [1.165, 1.54) is 0 Å². The molecular weight excluding hydrogens is 584 g/mol. The maximum Gasteiger partial charge on any atom is 0.173 e. The van der Waals surface area contributed by atoms with Crippen molar-refractivity contribution in [2.24, 2.45) is 0 Å². The SMILES string of the molecule is C=CCc1ccccc1Oc1ccc(Oc2cccc(CC=C)c2Oc2ccc(Oc3ccc(Oc4ccccc4)cc3)cc2)cc1. The average molecular weight is 619 g/mol. The van der Waals surface area contributed by atoms with E-state index in [0.29, 0.717) is 46.7 Å². The molecule has 0 fully saturated rings. The summed E-state index contributed by atoms with van der Waals surface area (Å²) in [4.78, 5) is 0. The van der Waals surface area contributed by atoms with E-state index in [1.807, 2.05) is 158 Å². The lowest BCUT2D eigenvalue weighted by Crippen LogP contribution is -1.96. The van der Waals surface area contributed by atoms with E-state index < -0.39 is 0 Å². The van der Waals surface area contributed by atoms with Crippen molar-refractivity contribution in [2.45, 2.75) is 12.8 Å². The predicted octanol–water partition coefficient (Wildman–Crippen LogP) is 12.1. The summed E-state index contributed by atoms with van der Waals surface area (Å²) in [6.07, 6.45) is 5.06. The molecule has 5 nitrogen and oxygen atoms in total. The minimum atomic E-state index is 0.590. The Bertz CT molecular complexity index is 1910. The van der Waals surface area contributed by atoms with Crippen molar-refractivity contribution in [3.8, 4) is 57.5 Å². The van der Waals surface area contributed by atoms with Gasteiger partial charge in [0.2, 0.25) is 0 Å². The third-order valence-electron chi connectivity index (χ3n) is 7.12. The Morgan fingerprint density at radius 2 is 0.723 bits per heavy atom. The monoisotopic (exact) mass is 618 g/mol. The first-order valence-corrected chi connectivity index (χ1v) is 15.3. The van der Waals surface area contributed by atoms with Gasteiger partial charge in [0, 0.05) is 5.56 Å². The molecule has 6 aromatic carbocycles. The smallest absolute Gasteiger partial charge is 0.173 e. The highest BCUT2D eigenvalue weighted by Crippen LogP contribution is 2.39. The van der Waals surface area contributed by atoms with E-state index in [4.69, 9.17) is 23.7 Å². The number of rotatable bonds is 14. The van der Waals surface area contributed by atoms with Crippen molar-refractivity contribution < 1.29 is 23.7 Å². The van der Waals surface area contributed by atoms with E-state index in [1.54, 1.807) is 0 Å². The van der Waals surface area contributed by atoms with Crippen LogP contribution in [0.4, 0.5) is 0 Å². The lowest BCUT2D eigenvalue weighted by molar-refractivity contribution is 0.413. The Labute approximate surface area is 275 Å². The van der Waals surface area contributed by atoms with E-state index in [-0.39, 0.29) is 0 Å². The van der Waals surface area contributed by atoms with E-state index in [0.717, 1.165) is 34.8 Å². The number of hydrogen-bond donors (Lipinski definition) is 0. The highest BCUT2D eigenvalue weighted by atomic mass is 16.5. The van der Waals surface area contributed by atoms with Gasteiger partial charge in [0.05, 0.1) is 0 Å². The van der Waals surface area contributed by atoms with Crippen molar-refractivity contribution >= 4 is 0 Å². The summed E-state index contributed by atoms with van der Waals surface area (Å²) >= 11 is 0. The van der Waals surface area contributed by atoms with Crippen LogP contribution in [-0.2, 0) is 12.8 Å². The molecule has 0 aliphatic heterocycles. The Kier molecular flexibility index (Phi) is 9.96. The van der Waals surface area contributed by atoms with Gasteiger partial charge in [-0.1, -0.05) is 60.7 Å². The number of ether oxygens (including phenoxy) is 5. The molecule has 0 spiro atoms. The predicted molar refractivity (Wildman–Crippen MR) is 187 cm³/mol. The van der Waals surface area contributed by atoms with Crippen molar-refractivity contribution in [3.05, 3.63) is 182 Å². The molecule has 47 heavy (non-hydrogen) atoms. The Morgan fingerprint density at radius 1 is 0.340 bits per heavy atom. The van der Waals surface area contributed by atoms with Gasteiger partial charge < -0.3 is 23.7 Å². The molecule has 6 aromatic rings. The summed E-state index contributed by atoms with van der Waals surface area (Å²) in [6.45, 7) is 7.76. The van der Waals surface area contributed by atoms with Crippen LogP contribution in [-0.4, -0.2) is 0 Å². The van der Waals surface area contributed by atoms with E-state index >= 15 is 0 Å². The summed E-state index contributed by atoms with van der Waals surface area (Å²) in [5, 5.41) is 0. The summed E-state index contributed by atoms with van der Waals surface area (Å²) < 4.78 is 30.8. The summed E-state index contributed by atoms with van der Waals surface area (Å²) in [5.74, 6) is 6.92. The van der Waals surface area contributed by atoms with E-state index in [9.17, 15) is 0 Å². The first kappa shape index (κ1) is 30.8. The normalized spacial score (nSPS) is 10.5. The highest BCUT2D eigenvalue weighted by Gasteiger charge is 2.14. The highest BCUT2D eigenvalue weighted by molar-refractivity contribution is 5.52. The summed E-state index contributed by atoms with van der Waals surface area (Å²) in [7, 11) is 0. The molecule has 0 aliphatic carbocycles. The fraction of sp³-hybridized carbons (Fsp3) is 0.0476. The molecule has 0 saturated carbocycles. The Morgan fingerprint density at radius 3 is 1.28 bits per heavy atom. The number of hydrogen-bond acceptors (Lipinski definition) is 5. The van der Waals surface area contributed by atoms with Gasteiger partial charge in [-0.15, -0.1) is 13.2 Å². The summed E-state index contributed by atoms with van der Waals surface area (Å²) in [6, 6.07) is 45.9. The van der Waals surface area contributed by atoms with Crippen LogP contribution >= 0.6 is 0 Å². The topological polar surface area (TPSA) is 46.2 Å².